The van der Waals surface area contributed by atoms with Gasteiger partial charge in [0, 0.05) is 25.7 Å². The van der Waals surface area contributed by atoms with E-state index >= 15 is 0 Å². The molecule has 0 saturated heterocycles. The molecule has 49 heavy (non-hydrogen) atoms. The fourth-order valence-corrected chi connectivity index (χ4v) is 6.12. The Morgan fingerprint density at radius 2 is 0.653 bits per heavy atom. The first-order chi connectivity index (χ1) is 23.9. The number of carbonyl (C=O) groups excluding carboxylic acids is 4. The Bertz CT molecular complexity index is 742. The second kappa shape index (κ2) is 37.6. The van der Waals surface area contributed by atoms with Gasteiger partial charge in [0.05, 0.1) is 0 Å². The summed E-state index contributed by atoms with van der Waals surface area (Å²) in [4.78, 5) is 48.1. The van der Waals surface area contributed by atoms with Crippen molar-refractivity contribution in [2.75, 3.05) is 13.2 Å². The molecule has 0 fully saturated rings. The van der Waals surface area contributed by atoms with Crippen LogP contribution in [0.5, 0.6) is 0 Å². The van der Waals surface area contributed by atoms with Gasteiger partial charge in [0.1, 0.15) is 13.2 Å². The van der Waals surface area contributed by atoms with E-state index in [-0.39, 0.29) is 38.0 Å². The molecule has 0 aromatic carbocycles. The van der Waals surface area contributed by atoms with Crippen LogP contribution in [0.25, 0.3) is 0 Å². The number of carbonyl (C=O) groups is 4. The topological polar surface area (TPSA) is 96.0 Å². The van der Waals surface area contributed by atoms with Gasteiger partial charge in [-0.2, -0.15) is 0 Å². The molecule has 0 heterocycles. The predicted octanol–water partition coefficient (Wildman–Crippen LogP) is 12.3. The van der Waals surface area contributed by atoms with Crippen molar-refractivity contribution in [3.63, 3.8) is 0 Å². The molecule has 0 aliphatic heterocycles. The molecule has 0 radical (unpaired) electrons. The maximum Gasteiger partial charge on any atom is 0.306 e. The summed E-state index contributed by atoms with van der Waals surface area (Å²) in [5.74, 6) is -1.14. The molecule has 0 bridgehead atoms. The van der Waals surface area contributed by atoms with Gasteiger partial charge < -0.3 is 14.2 Å². The van der Waals surface area contributed by atoms with Crippen molar-refractivity contribution in [3.8, 4) is 0 Å². The van der Waals surface area contributed by atoms with Gasteiger partial charge in [-0.3, -0.25) is 19.2 Å². The Morgan fingerprint density at radius 3 is 0.980 bits per heavy atom. The van der Waals surface area contributed by atoms with E-state index in [2.05, 4.69) is 13.8 Å². The van der Waals surface area contributed by atoms with Crippen molar-refractivity contribution in [2.24, 2.45) is 0 Å². The van der Waals surface area contributed by atoms with Crippen molar-refractivity contribution in [1.29, 1.82) is 0 Å². The van der Waals surface area contributed by atoms with Crippen molar-refractivity contribution < 1.29 is 33.4 Å². The summed E-state index contributed by atoms with van der Waals surface area (Å²) in [6, 6.07) is 0. The average molecular weight is 715 g/mol. The summed E-state index contributed by atoms with van der Waals surface area (Å²) < 4.78 is 16.3. The molecular weight excluding hydrogens is 640 g/mol. The summed E-state index contributed by atoms with van der Waals surface area (Å²) >= 11 is 5.37. The van der Waals surface area contributed by atoms with E-state index in [1.807, 2.05) is 0 Å². The predicted molar refractivity (Wildman–Crippen MR) is 202 cm³/mol. The molecule has 0 aromatic rings. The monoisotopic (exact) mass is 715 g/mol. The molecule has 0 unspecified atom stereocenters. The zero-order valence-electron chi connectivity index (χ0n) is 31.9. The Kier molecular flexibility index (Phi) is 36.4. The van der Waals surface area contributed by atoms with Crippen LogP contribution in [0, 0.1) is 0 Å². The van der Waals surface area contributed by atoms with Gasteiger partial charge in [-0.15, -0.1) is 0 Å². The summed E-state index contributed by atoms with van der Waals surface area (Å²) in [6.07, 6.45) is 33.2. The van der Waals surface area contributed by atoms with E-state index in [4.69, 9.17) is 25.8 Å². The summed E-state index contributed by atoms with van der Waals surface area (Å²) in [5, 5.41) is -0.433. The molecule has 0 rings (SSSR count). The largest absolute Gasteiger partial charge is 0.462 e. The molecule has 0 spiro atoms. The highest BCUT2D eigenvalue weighted by atomic mass is 35.5. The number of unbranched alkanes of at least 4 members (excludes halogenated alkanes) is 25. The smallest absolute Gasteiger partial charge is 0.306 e. The molecule has 0 aliphatic rings. The van der Waals surface area contributed by atoms with Crippen LogP contribution < -0.4 is 0 Å². The second-order valence-electron chi connectivity index (χ2n) is 14.0. The van der Waals surface area contributed by atoms with E-state index in [9.17, 15) is 19.2 Å². The number of halogens is 1. The zero-order valence-corrected chi connectivity index (χ0v) is 32.6. The molecule has 0 aromatic heterocycles. The van der Waals surface area contributed by atoms with Crippen LogP contribution in [0.3, 0.4) is 0 Å². The molecule has 0 amide bonds. The van der Waals surface area contributed by atoms with E-state index in [0.29, 0.717) is 25.7 Å². The van der Waals surface area contributed by atoms with E-state index in [0.717, 1.165) is 38.5 Å². The zero-order chi connectivity index (χ0) is 36.0. The van der Waals surface area contributed by atoms with Crippen molar-refractivity contribution in [3.05, 3.63) is 0 Å². The minimum Gasteiger partial charge on any atom is -0.462 e. The minimum atomic E-state index is -0.853. The van der Waals surface area contributed by atoms with Gasteiger partial charge in [0.2, 0.25) is 5.24 Å². The van der Waals surface area contributed by atoms with E-state index < -0.39 is 17.3 Å². The highest BCUT2D eigenvalue weighted by molar-refractivity contribution is 6.63. The van der Waals surface area contributed by atoms with Gasteiger partial charge in [0.15, 0.2) is 6.10 Å². The van der Waals surface area contributed by atoms with E-state index in [1.54, 1.807) is 0 Å². The van der Waals surface area contributed by atoms with Crippen LogP contribution in [0.1, 0.15) is 219 Å². The highest BCUT2D eigenvalue weighted by Crippen LogP contribution is 2.15. The highest BCUT2D eigenvalue weighted by Gasteiger charge is 2.19. The Balaban J connectivity index is 4.18. The number of hydrogen-bond donors (Lipinski definition) is 0. The van der Waals surface area contributed by atoms with Gasteiger partial charge >= 0.3 is 17.9 Å². The molecular formula is C41H75ClO7. The van der Waals surface area contributed by atoms with Gasteiger partial charge in [-0.05, 0) is 37.3 Å². The maximum absolute atomic E-state index is 12.4. The third-order valence-electron chi connectivity index (χ3n) is 9.13. The van der Waals surface area contributed by atoms with Crippen molar-refractivity contribution >= 4 is 34.8 Å². The second-order valence-corrected chi connectivity index (χ2v) is 14.4. The molecule has 288 valence electrons. The normalized spacial score (nSPS) is 11.2. The molecule has 0 atom stereocenters. The lowest BCUT2D eigenvalue weighted by Crippen LogP contribution is -2.30. The maximum atomic E-state index is 12.4. The number of ether oxygens (including phenoxy) is 3. The third-order valence-corrected chi connectivity index (χ3v) is 9.32. The molecule has 0 N–H and O–H groups in total. The van der Waals surface area contributed by atoms with Crippen LogP contribution in [0.2, 0.25) is 0 Å². The third kappa shape index (κ3) is 37.5. The summed E-state index contributed by atoms with van der Waals surface area (Å²) in [7, 11) is 0. The summed E-state index contributed by atoms with van der Waals surface area (Å²) in [5.41, 5.74) is 0. The van der Waals surface area contributed by atoms with Crippen LogP contribution in [0.15, 0.2) is 0 Å². The average Bonchev–Trinajstić information content (AvgIpc) is 3.08. The lowest BCUT2D eigenvalue weighted by Gasteiger charge is -2.18. The minimum absolute atomic E-state index is 0.112. The molecule has 0 aliphatic carbocycles. The standard InChI is InChI=1S/C41H75ClO7/c1-3-5-7-9-11-13-15-17-19-21-23-25-27-32-39(44)47-35-37(49-41(46)34-30-29-31-38(42)43)36-48-40(45)33-28-26-24-22-20-18-16-14-12-10-8-6-4-2/h37H,3-36H2,1-2H3. The van der Waals surface area contributed by atoms with Crippen LogP contribution in [-0.4, -0.2) is 42.5 Å². The van der Waals surface area contributed by atoms with Gasteiger partial charge in [-0.1, -0.05) is 168 Å². The van der Waals surface area contributed by atoms with Crippen LogP contribution in [0.4, 0.5) is 0 Å². The van der Waals surface area contributed by atoms with Crippen molar-refractivity contribution in [2.45, 2.75) is 225 Å². The fraction of sp³-hybridized carbons (Fsp3) is 0.902. The first-order valence-electron chi connectivity index (χ1n) is 20.6. The first-order valence-corrected chi connectivity index (χ1v) is 21.0. The number of hydrogen-bond acceptors (Lipinski definition) is 7. The lowest BCUT2D eigenvalue weighted by atomic mass is 10.0. The van der Waals surface area contributed by atoms with Crippen molar-refractivity contribution in [1.82, 2.24) is 0 Å². The number of rotatable bonds is 38. The first kappa shape index (κ1) is 47.4. The quantitative estimate of drug-likeness (QED) is 0.0272. The van der Waals surface area contributed by atoms with Gasteiger partial charge in [0.25, 0.3) is 0 Å². The lowest BCUT2D eigenvalue weighted by molar-refractivity contribution is -0.167. The van der Waals surface area contributed by atoms with Crippen LogP contribution >= 0.6 is 11.6 Å². The fourth-order valence-electron chi connectivity index (χ4n) is 5.98. The molecule has 0 saturated carbocycles. The number of esters is 3. The Hall–Kier alpha value is -1.63. The summed E-state index contributed by atoms with van der Waals surface area (Å²) in [6.45, 7) is 4.21. The van der Waals surface area contributed by atoms with E-state index in [1.165, 1.54) is 128 Å². The molecule has 8 heteroatoms. The van der Waals surface area contributed by atoms with Gasteiger partial charge in [-0.25, -0.2) is 0 Å². The Labute approximate surface area is 306 Å². The SMILES string of the molecule is CCCCCCCCCCCCCCCC(=O)OCC(COC(=O)CCCCCCCCCCCCCCC)OC(=O)CCCCC(=O)Cl. The van der Waals surface area contributed by atoms with Crippen LogP contribution in [-0.2, 0) is 33.4 Å². The Morgan fingerprint density at radius 1 is 0.388 bits per heavy atom. The molecule has 7 nitrogen and oxygen atoms in total.